The molecule has 1 radical (unpaired) electrons. The molecule has 0 aromatic heterocycles. The largest absolute Gasteiger partial charge is 0.454 e. The molecule has 0 amide bonds. The third kappa shape index (κ3) is 11.0. The lowest BCUT2D eigenvalue weighted by Crippen LogP contribution is -2.19. The molecule has 0 aromatic rings. The Balaban J connectivity index is 3.65. The van der Waals surface area contributed by atoms with Gasteiger partial charge in [0.25, 0.3) is 0 Å². The van der Waals surface area contributed by atoms with Gasteiger partial charge in [-0.05, 0) is 25.2 Å². The van der Waals surface area contributed by atoms with Gasteiger partial charge in [-0.15, -0.1) is 0 Å². The quantitative estimate of drug-likeness (QED) is 0.367. The second-order valence-corrected chi connectivity index (χ2v) is 5.70. The van der Waals surface area contributed by atoms with Crippen molar-refractivity contribution in [1.29, 1.82) is 0 Å². The van der Waals surface area contributed by atoms with Crippen molar-refractivity contribution in [2.45, 2.75) is 91.1 Å². The fourth-order valence-electron chi connectivity index (χ4n) is 2.08. The number of carbonyl (C=O) groups excluding carboxylic acids is 2. The molecule has 0 aromatic carbocycles. The van der Waals surface area contributed by atoms with E-state index in [0.29, 0.717) is 12.8 Å². The van der Waals surface area contributed by atoms with Gasteiger partial charge in [-0.25, -0.2) is 0 Å². The minimum atomic E-state index is -0.660. The van der Waals surface area contributed by atoms with E-state index in [0.717, 1.165) is 38.0 Å². The highest BCUT2D eigenvalue weighted by Gasteiger charge is 2.13. The fourth-order valence-corrected chi connectivity index (χ4v) is 2.08. The monoisotopic (exact) mass is 283 g/mol. The zero-order chi connectivity index (χ0) is 15.2. The van der Waals surface area contributed by atoms with Crippen LogP contribution in [0.2, 0.25) is 0 Å². The molecule has 3 nitrogen and oxygen atoms in total. The predicted molar refractivity (Wildman–Crippen MR) is 82.3 cm³/mol. The van der Waals surface area contributed by atoms with Crippen LogP contribution >= 0.6 is 0 Å². The summed E-state index contributed by atoms with van der Waals surface area (Å²) in [4.78, 5) is 22.3. The van der Waals surface area contributed by atoms with Crippen LogP contribution in [0.3, 0.4) is 0 Å². The lowest BCUT2D eigenvalue weighted by Gasteiger charge is -2.12. The molecule has 0 aliphatic carbocycles. The summed E-state index contributed by atoms with van der Waals surface area (Å²) in [5.74, 6) is 0.520. The Morgan fingerprint density at radius 2 is 1.75 bits per heavy atom. The maximum Gasteiger partial charge on any atom is 0.306 e. The van der Waals surface area contributed by atoms with Gasteiger partial charge in [0, 0.05) is 6.42 Å². The van der Waals surface area contributed by atoms with Gasteiger partial charge in [0.15, 0.2) is 6.10 Å². The maximum atomic E-state index is 11.5. The highest BCUT2D eigenvalue weighted by molar-refractivity contribution is 5.72. The van der Waals surface area contributed by atoms with Gasteiger partial charge in [-0.2, -0.15) is 0 Å². The van der Waals surface area contributed by atoms with E-state index in [1.54, 1.807) is 0 Å². The SMILES string of the molecule is CCCCCC(=O)OC([C]=O)CCCCCC(C)CC. The van der Waals surface area contributed by atoms with Gasteiger partial charge in [-0.1, -0.05) is 59.3 Å². The zero-order valence-electron chi connectivity index (χ0n) is 13.5. The van der Waals surface area contributed by atoms with E-state index >= 15 is 0 Å². The van der Waals surface area contributed by atoms with E-state index in [9.17, 15) is 9.59 Å². The van der Waals surface area contributed by atoms with Gasteiger partial charge in [-0.3, -0.25) is 9.59 Å². The summed E-state index contributed by atoms with van der Waals surface area (Å²) in [6.45, 7) is 6.56. The third-order valence-electron chi connectivity index (χ3n) is 3.75. The van der Waals surface area contributed by atoms with Crippen molar-refractivity contribution in [1.82, 2.24) is 0 Å². The van der Waals surface area contributed by atoms with E-state index in [1.165, 1.54) is 19.3 Å². The molecular formula is C17H31O3. The first-order valence-electron chi connectivity index (χ1n) is 8.21. The minimum absolute atomic E-state index is 0.258. The molecule has 0 spiro atoms. The first kappa shape index (κ1) is 19.1. The summed E-state index contributed by atoms with van der Waals surface area (Å²) >= 11 is 0. The van der Waals surface area contributed by atoms with E-state index in [1.807, 2.05) is 6.29 Å². The molecule has 2 atom stereocenters. The molecule has 20 heavy (non-hydrogen) atoms. The van der Waals surface area contributed by atoms with Crippen molar-refractivity contribution in [3.63, 3.8) is 0 Å². The molecule has 2 unspecified atom stereocenters. The van der Waals surface area contributed by atoms with E-state index in [4.69, 9.17) is 4.74 Å². The summed E-state index contributed by atoms with van der Waals surface area (Å²) < 4.78 is 5.13. The molecule has 0 heterocycles. The lowest BCUT2D eigenvalue weighted by molar-refractivity contribution is -0.146. The smallest absolute Gasteiger partial charge is 0.306 e. The molecule has 0 rings (SSSR count). The van der Waals surface area contributed by atoms with Gasteiger partial charge in [0.1, 0.15) is 0 Å². The van der Waals surface area contributed by atoms with Crippen LogP contribution in [0.4, 0.5) is 0 Å². The first-order chi connectivity index (χ1) is 9.63. The number of unbranched alkanes of at least 4 members (excludes halogenated alkanes) is 4. The second-order valence-electron chi connectivity index (χ2n) is 5.70. The van der Waals surface area contributed by atoms with Gasteiger partial charge in [0.05, 0.1) is 0 Å². The normalized spacial score (nSPS) is 13.8. The highest BCUT2D eigenvalue weighted by Crippen LogP contribution is 2.14. The summed E-state index contributed by atoms with van der Waals surface area (Å²) in [6, 6.07) is 0. The fraction of sp³-hybridized carbons (Fsp3) is 0.882. The van der Waals surface area contributed by atoms with Crippen LogP contribution in [0.1, 0.15) is 85.0 Å². The molecule has 0 saturated heterocycles. The maximum absolute atomic E-state index is 11.5. The van der Waals surface area contributed by atoms with Crippen molar-refractivity contribution in [2.75, 3.05) is 0 Å². The summed E-state index contributed by atoms with van der Waals surface area (Å²) in [5.41, 5.74) is 0. The van der Waals surface area contributed by atoms with Crippen molar-refractivity contribution in [3.05, 3.63) is 0 Å². The molecule has 0 aliphatic heterocycles. The van der Waals surface area contributed by atoms with E-state index in [-0.39, 0.29) is 5.97 Å². The van der Waals surface area contributed by atoms with Gasteiger partial charge in [0.2, 0.25) is 6.29 Å². The van der Waals surface area contributed by atoms with Crippen LogP contribution in [0, 0.1) is 5.92 Å². The van der Waals surface area contributed by atoms with Crippen LogP contribution < -0.4 is 0 Å². The van der Waals surface area contributed by atoms with E-state index in [2.05, 4.69) is 20.8 Å². The van der Waals surface area contributed by atoms with Crippen LogP contribution in [0.25, 0.3) is 0 Å². The predicted octanol–water partition coefficient (Wildman–Crippen LogP) is 4.58. The summed E-state index contributed by atoms with van der Waals surface area (Å²) in [5, 5.41) is 0. The molecule has 3 heteroatoms. The van der Waals surface area contributed by atoms with Gasteiger partial charge < -0.3 is 4.74 Å². The Morgan fingerprint density at radius 3 is 2.35 bits per heavy atom. The molecule has 0 fully saturated rings. The number of esters is 1. The standard InChI is InChI=1S/C17H31O3/c1-4-6-8-13-17(19)20-16(14-18)12-10-7-9-11-15(3)5-2/h15-16H,4-13H2,1-3H3. The van der Waals surface area contributed by atoms with Crippen LogP contribution in [-0.2, 0) is 14.3 Å². The Morgan fingerprint density at radius 1 is 1.05 bits per heavy atom. The average molecular weight is 283 g/mol. The van der Waals surface area contributed by atoms with E-state index < -0.39 is 6.10 Å². The van der Waals surface area contributed by atoms with Gasteiger partial charge >= 0.3 is 5.97 Å². The number of ether oxygens (including phenoxy) is 1. The highest BCUT2D eigenvalue weighted by atomic mass is 16.5. The van der Waals surface area contributed by atoms with Crippen LogP contribution in [0.15, 0.2) is 0 Å². The Bertz CT molecular complexity index is 251. The molecular weight excluding hydrogens is 252 g/mol. The summed E-state index contributed by atoms with van der Waals surface area (Å²) in [6.07, 6.45) is 10.8. The van der Waals surface area contributed by atoms with Crippen molar-refractivity contribution < 1.29 is 14.3 Å². The number of rotatable bonds is 13. The Hall–Kier alpha value is -0.860. The van der Waals surface area contributed by atoms with Crippen molar-refractivity contribution in [3.8, 4) is 0 Å². The topological polar surface area (TPSA) is 43.4 Å². The van der Waals surface area contributed by atoms with Crippen molar-refractivity contribution >= 4 is 12.3 Å². The number of hydrogen-bond acceptors (Lipinski definition) is 3. The molecule has 0 aliphatic rings. The molecule has 117 valence electrons. The van der Waals surface area contributed by atoms with Crippen molar-refractivity contribution in [2.24, 2.45) is 5.92 Å². The minimum Gasteiger partial charge on any atom is -0.454 e. The summed E-state index contributed by atoms with van der Waals surface area (Å²) in [7, 11) is 0. The molecule has 0 N–H and O–H groups in total. The number of carbonyl (C=O) groups is 1. The molecule has 0 bridgehead atoms. The first-order valence-corrected chi connectivity index (χ1v) is 8.21. The lowest BCUT2D eigenvalue weighted by atomic mass is 10.00. The Labute approximate surface area is 124 Å². The van der Waals surface area contributed by atoms with Crippen LogP contribution in [-0.4, -0.2) is 18.4 Å². The number of hydrogen-bond donors (Lipinski definition) is 0. The van der Waals surface area contributed by atoms with Crippen LogP contribution in [0.5, 0.6) is 0 Å². The molecule has 0 saturated carbocycles. The third-order valence-corrected chi connectivity index (χ3v) is 3.75. The zero-order valence-corrected chi connectivity index (χ0v) is 13.5. The second kappa shape index (κ2) is 13.1. The average Bonchev–Trinajstić information content (AvgIpc) is 2.45. The Kier molecular flexibility index (Phi) is 12.6.